The van der Waals surface area contributed by atoms with Crippen molar-refractivity contribution in [2.45, 2.75) is 39.0 Å². The third-order valence-electron chi connectivity index (χ3n) is 3.76. The van der Waals surface area contributed by atoms with Gasteiger partial charge in [-0.1, -0.05) is 13.0 Å². The molecule has 0 saturated carbocycles. The van der Waals surface area contributed by atoms with Crippen molar-refractivity contribution in [3.05, 3.63) is 41.7 Å². The van der Waals surface area contributed by atoms with Crippen molar-refractivity contribution in [3.63, 3.8) is 0 Å². The van der Waals surface area contributed by atoms with Crippen LogP contribution < -0.4 is 14.8 Å². The van der Waals surface area contributed by atoms with Gasteiger partial charge >= 0.3 is 6.18 Å². The van der Waals surface area contributed by atoms with Gasteiger partial charge in [0.15, 0.2) is 17.2 Å². The summed E-state index contributed by atoms with van der Waals surface area (Å²) in [4.78, 5) is 12.1. The quantitative estimate of drug-likeness (QED) is 0.754. The molecular formula is C18H22F3N3O3. The summed E-state index contributed by atoms with van der Waals surface area (Å²) in [7, 11) is 1.52. The Bertz CT molecular complexity index is 775. The van der Waals surface area contributed by atoms with E-state index in [0.29, 0.717) is 18.1 Å². The highest BCUT2D eigenvalue weighted by molar-refractivity contribution is 5.76. The molecule has 1 aromatic carbocycles. The molecule has 0 spiro atoms. The average molecular weight is 385 g/mol. The molecule has 0 fully saturated rings. The van der Waals surface area contributed by atoms with Crippen molar-refractivity contribution >= 4 is 5.91 Å². The minimum atomic E-state index is -4.53. The highest BCUT2D eigenvalue weighted by Gasteiger charge is 2.33. The summed E-state index contributed by atoms with van der Waals surface area (Å²) in [5.41, 5.74) is -0.253. The molecule has 1 atom stereocenters. The van der Waals surface area contributed by atoms with Crippen molar-refractivity contribution in [3.8, 4) is 11.5 Å². The lowest BCUT2D eigenvalue weighted by atomic mass is 10.1. The molecule has 27 heavy (non-hydrogen) atoms. The fraction of sp³-hybridized carbons (Fsp3) is 0.444. The largest absolute Gasteiger partial charge is 0.493 e. The first-order chi connectivity index (χ1) is 12.7. The average Bonchev–Trinajstić information content (AvgIpc) is 3.08. The van der Waals surface area contributed by atoms with E-state index >= 15 is 0 Å². The van der Waals surface area contributed by atoms with E-state index in [4.69, 9.17) is 9.47 Å². The SMILES string of the molecule is CCCOc1ccc(C(C)NC(=O)Cn2ccc(C(F)(F)F)n2)cc1OC. The van der Waals surface area contributed by atoms with E-state index in [2.05, 4.69) is 10.4 Å². The predicted octanol–water partition coefficient (Wildman–Crippen LogP) is 3.58. The van der Waals surface area contributed by atoms with Crippen LogP contribution in [0.2, 0.25) is 0 Å². The number of halogens is 3. The van der Waals surface area contributed by atoms with Crippen LogP contribution in [0.15, 0.2) is 30.5 Å². The maximum absolute atomic E-state index is 12.6. The molecule has 1 aromatic heterocycles. The molecule has 0 aliphatic heterocycles. The Morgan fingerprint density at radius 1 is 1.30 bits per heavy atom. The molecule has 1 N–H and O–H groups in total. The lowest BCUT2D eigenvalue weighted by Crippen LogP contribution is -2.30. The van der Waals surface area contributed by atoms with Crippen LogP contribution in [-0.4, -0.2) is 29.4 Å². The van der Waals surface area contributed by atoms with Crippen LogP contribution in [0.5, 0.6) is 11.5 Å². The zero-order valence-electron chi connectivity index (χ0n) is 15.3. The Labute approximate surface area is 155 Å². The minimum Gasteiger partial charge on any atom is -0.493 e. The molecular weight excluding hydrogens is 363 g/mol. The van der Waals surface area contributed by atoms with Gasteiger partial charge in [-0.15, -0.1) is 0 Å². The summed E-state index contributed by atoms with van der Waals surface area (Å²) in [6, 6.07) is 5.77. The molecule has 1 unspecified atom stereocenters. The van der Waals surface area contributed by atoms with Crippen LogP contribution in [0.4, 0.5) is 13.2 Å². The van der Waals surface area contributed by atoms with Crippen molar-refractivity contribution < 1.29 is 27.4 Å². The number of carbonyl (C=O) groups is 1. The smallest absolute Gasteiger partial charge is 0.435 e. The minimum absolute atomic E-state index is 0.310. The zero-order valence-corrected chi connectivity index (χ0v) is 15.3. The molecule has 148 valence electrons. The number of alkyl halides is 3. The fourth-order valence-corrected chi connectivity index (χ4v) is 2.40. The van der Waals surface area contributed by atoms with Gasteiger partial charge in [0, 0.05) is 6.20 Å². The maximum Gasteiger partial charge on any atom is 0.435 e. The van der Waals surface area contributed by atoms with Gasteiger partial charge in [-0.3, -0.25) is 9.48 Å². The molecule has 6 nitrogen and oxygen atoms in total. The second-order valence-corrected chi connectivity index (χ2v) is 5.94. The van der Waals surface area contributed by atoms with Gasteiger partial charge in [0.05, 0.1) is 19.8 Å². The number of ether oxygens (including phenoxy) is 2. The summed E-state index contributed by atoms with van der Waals surface area (Å²) in [5.74, 6) is 0.700. The monoisotopic (exact) mass is 385 g/mol. The number of carbonyl (C=O) groups excluding carboxylic acids is 1. The molecule has 0 saturated heterocycles. The van der Waals surface area contributed by atoms with E-state index < -0.39 is 17.8 Å². The molecule has 9 heteroatoms. The van der Waals surface area contributed by atoms with Gasteiger partial charge in [0.2, 0.25) is 5.91 Å². The summed E-state index contributed by atoms with van der Waals surface area (Å²) >= 11 is 0. The molecule has 2 rings (SSSR count). The summed E-state index contributed by atoms with van der Waals surface area (Å²) in [5, 5.41) is 6.09. The van der Waals surface area contributed by atoms with Crippen molar-refractivity contribution in [2.75, 3.05) is 13.7 Å². The summed E-state index contributed by atoms with van der Waals surface area (Å²) in [6.45, 7) is 4.01. The van der Waals surface area contributed by atoms with Gasteiger partial charge in [0.25, 0.3) is 0 Å². The number of nitrogens with zero attached hydrogens (tertiary/aromatic N) is 2. The van der Waals surface area contributed by atoms with Crippen LogP contribution in [0.1, 0.15) is 37.6 Å². The third kappa shape index (κ3) is 5.63. The van der Waals surface area contributed by atoms with Crippen LogP contribution in [0.25, 0.3) is 0 Å². The van der Waals surface area contributed by atoms with E-state index in [-0.39, 0.29) is 12.6 Å². The Balaban J connectivity index is 2.00. The summed E-state index contributed by atoms with van der Waals surface area (Å²) < 4.78 is 49.5. The second kappa shape index (κ2) is 8.79. The maximum atomic E-state index is 12.6. The first-order valence-corrected chi connectivity index (χ1v) is 8.45. The van der Waals surface area contributed by atoms with Gasteiger partial charge in [-0.2, -0.15) is 18.3 Å². The number of rotatable bonds is 8. The van der Waals surface area contributed by atoms with E-state index in [1.54, 1.807) is 25.1 Å². The molecule has 0 aliphatic rings. The summed E-state index contributed by atoms with van der Waals surface area (Å²) in [6.07, 6.45) is -2.55. The number of nitrogens with one attached hydrogen (secondary N) is 1. The Morgan fingerprint density at radius 2 is 2.04 bits per heavy atom. The van der Waals surface area contributed by atoms with Crippen molar-refractivity contribution in [1.82, 2.24) is 15.1 Å². The number of amides is 1. The van der Waals surface area contributed by atoms with Crippen LogP contribution in [0.3, 0.4) is 0 Å². The molecule has 2 aromatic rings. The Morgan fingerprint density at radius 3 is 2.63 bits per heavy atom. The lowest BCUT2D eigenvalue weighted by molar-refractivity contribution is -0.141. The van der Waals surface area contributed by atoms with E-state index in [1.165, 1.54) is 7.11 Å². The normalized spacial score (nSPS) is 12.5. The third-order valence-corrected chi connectivity index (χ3v) is 3.76. The molecule has 0 aliphatic carbocycles. The van der Waals surface area contributed by atoms with Crippen LogP contribution >= 0.6 is 0 Å². The number of methoxy groups -OCH3 is 1. The Hall–Kier alpha value is -2.71. The van der Waals surface area contributed by atoms with Crippen LogP contribution in [0, 0.1) is 0 Å². The van der Waals surface area contributed by atoms with E-state index in [9.17, 15) is 18.0 Å². The number of hydrogen-bond acceptors (Lipinski definition) is 4. The molecule has 0 bridgehead atoms. The number of benzene rings is 1. The van der Waals surface area contributed by atoms with E-state index in [1.807, 2.05) is 6.92 Å². The number of aromatic nitrogens is 2. The lowest BCUT2D eigenvalue weighted by Gasteiger charge is -2.17. The van der Waals surface area contributed by atoms with Crippen molar-refractivity contribution in [1.29, 1.82) is 0 Å². The van der Waals surface area contributed by atoms with Gasteiger partial charge < -0.3 is 14.8 Å². The van der Waals surface area contributed by atoms with Gasteiger partial charge in [-0.05, 0) is 37.1 Å². The van der Waals surface area contributed by atoms with Gasteiger partial charge in [0.1, 0.15) is 6.54 Å². The highest BCUT2D eigenvalue weighted by atomic mass is 19.4. The Kier molecular flexibility index (Phi) is 6.70. The van der Waals surface area contributed by atoms with Gasteiger partial charge in [-0.25, -0.2) is 0 Å². The van der Waals surface area contributed by atoms with Crippen molar-refractivity contribution in [2.24, 2.45) is 0 Å². The zero-order chi connectivity index (χ0) is 20.0. The molecule has 1 heterocycles. The second-order valence-electron chi connectivity index (χ2n) is 5.94. The fourth-order valence-electron chi connectivity index (χ4n) is 2.40. The van der Waals surface area contributed by atoms with E-state index in [0.717, 1.165) is 28.9 Å². The molecule has 0 radical (unpaired) electrons. The number of hydrogen-bond donors (Lipinski definition) is 1. The predicted molar refractivity (Wildman–Crippen MR) is 92.6 cm³/mol. The first kappa shape index (κ1) is 20.6. The van der Waals surface area contributed by atoms with Crippen LogP contribution in [-0.2, 0) is 17.5 Å². The highest BCUT2D eigenvalue weighted by Crippen LogP contribution is 2.30. The first-order valence-electron chi connectivity index (χ1n) is 8.45. The standard InChI is InChI=1S/C18H22F3N3O3/c1-4-9-27-14-6-5-13(10-15(14)26-3)12(2)22-17(25)11-24-8-7-16(23-24)18(19,20)21/h5-8,10,12H,4,9,11H2,1-3H3,(H,22,25). The topological polar surface area (TPSA) is 65.4 Å². The molecule has 1 amide bonds.